The van der Waals surface area contributed by atoms with Crippen molar-refractivity contribution in [3.8, 4) is 0 Å². The molecule has 1 fully saturated rings. The molecule has 6 nitrogen and oxygen atoms in total. The summed E-state index contributed by atoms with van der Waals surface area (Å²) in [5, 5.41) is 3.98. The predicted molar refractivity (Wildman–Crippen MR) is 95.7 cm³/mol. The van der Waals surface area contributed by atoms with Crippen molar-refractivity contribution in [1.82, 2.24) is 10.2 Å². The van der Waals surface area contributed by atoms with Crippen molar-refractivity contribution >= 4 is 16.9 Å². The van der Waals surface area contributed by atoms with Crippen LogP contribution >= 0.6 is 0 Å². The van der Waals surface area contributed by atoms with Gasteiger partial charge in [0.05, 0.1) is 19.8 Å². The van der Waals surface area contributed by atoms with Crippen LogP contribution < -0.4 is 5.32 Å². The van der Waals surface area contributed by atoms with E-state index >= 15 is 0 Å². The molecule has 1 aromatic heterocycles. The molecule has 0 spiro atoms. The van der Waals surface area contributed by atoms with Crippen LogP contribution in [0.15, 0.2) is 28.7 Å². The molecule has 0 bridgehead atoms. The molecule has 0 aliphatic carbocycles. The number of morpholine rings is 1. The maximum atomic E-state index is 12.7. The van der Waals surface area contributed by atoms with Gasteiger partial charge in [-0.05, 0) is 19.9 Å². The smallest absolute Gasteiger partial charge is 0.287 e. The lowest BCUT2D eigenvalue weighted by Crippen LogP contribution is -2.46. The molecule has 1 aliphatic heterocycles. The minimum absolute atomic E-state index is 0.0266. The standard InChI is InChI=1S/C19H26N2O4/c1-3-23-13-16-15-6-4-5-7-17(15)25-18(16)19(22)20-14(2)12-21-8-10-24-11-9-21/h4-7,14H,3,8-13H2,1-2H3,(H,20,22)/t14-/m1/s1. The Hall–Kier alpha value is -1.89. The Morgan fingerprint density at radius 2 is 2.08 bits per heavy atom. The highest BCUT2D eigenvalue weighted by Gasteiger charge is 2.22. The number of rotatable bonds is 7. The fourth-order valence-corrected chi connectivity index (χ4v) is 3.14. The number of ether oxygens (including phenoxy) is 2. The lowest BCUT2D eigenvalue weighted by Gasteiger charge is -2.29. The van der Waals surface area contributed by atoms with Gasteiger partial charge in [0.15, 0.2) is 5.76 Å². The maximum absolute atomic E-state index is 12.7. The molecule has 0 radical (unpaired) electrons. The van der Waals surface area contributed by atoms with Gasteiger partial charge in [-0.1, -0.05) is 18.2 Å². The molecule has 1 saturated heterocycles. The highest BCUT2D eigenvalue weighted by molar-refractivity contribution is 5.99. The summed E-state index contributed by atoms with van der Waals surface area (Å²) in [7, 11) is 0. The third kappa shape index (κ3) is 4.39. The van der Waals surface area contributed by atoms with Crippen molar-refractivity contribution in [2.75, 3.05) is 39.5 Å². The lowest BCUT2D eigenvalue weighted by molar-refractivity contribution is 0.0341. The van der Waals surface area contributed by atoms with Crippen molar-refractivity contribution in [2.24, 2.45) is 0 Å². The van der Waals surface area contributed by atoms with Gasteiger partial charge in [-0.25, -0.2) is 0 Å². The summed E-state index contributed by atoms with van der Waals surface area (Å²) in [6.45, 7) is 9.02. The second-order valence-corrected chi connectivity index (χ2v) is 6.33. The van der Waals surface area contributed by atoms with Crippen LogP contribution in [0.4, 0.5) is 0 Å². The van der Waals surface area contributed by atoms with E-state index in [1.807, 2.05) is 38.1 Å². The first kappa shape index (κ1) is 17.9. The number of nitrogens with zero attached hydrogens (tertiary/aromatic N) is 1. The maximum Gasteiger partial charge on any atom is 0.287 e. The number of nitrogens with one attached hydrogen (secondary N) is 1. The molecule has 25 heavy (non-hydrogen) atoms. The SMILES string of the molecule is CCOCc1c(C(=O)N[C@H](C)CN2CCOCC2)oc2ccccc12. The summed E-state index contributed by atoms with van der Waals surface area (Å²) in [5.74, 6) is 0.162. The van der Waals surface area contributed by atoms with Gasteiger partial charge < -0.3 is 19.2 Å². The first-order valence-electron chi connectivity index (χ1n) is 8.88. The van der Waals surface area contributed by atoms with Crippen molar-refractivity contribution in [3.05, 3.63) is 35.6 Å². The van der Waals surface area contributed by atoms with Crippen molar-refractivity contribution in [1.29, 1.82) is 0 Å². The minimum atomic E-state index is -0.188. The van der Waals surface area contributed by atoms with Crippen molar-refractivity contribution in [2.45, 2.75) is 26.5 Å². The molecule has 3 rings (SSSR count). The topological polar surface area (TPSA) is 63.9 Å². The highest BCUT2D eigenvalue weighted by atomic mass is 16.5. The normalized spacial score (nSPS) is 16.9. The van der Waals surface area contributed by atoms with Gasteiger partial charge in [0.2, 0.25) is 0 Å². The molecule has 6 heteroatoms. The van der Waals surface area contributed by atoms with Gasteiger partial charge in [-0.15, -0.1) is 0 Å². The van der Waals surface area contributed by atoms with Gasteiger partial charge in [0.1, 0.15) is 5.58 Å². The molecular formula is C19H26N2O4. The summed E-state index contributed by atoms with van der Waals surface area (Å²) < 4.78 is 16.7. The number of carbonyl (C=O) groups excluding carboxylic acids is 1. The Labute approximate surface area is 148 Å². The Morgan fingerprint density at radius 3 is 2.84 bits per heavy atom. The lowest BCUT2D eigenvalue weighted by atomic mass is 10.1. The Kier molecular flexibility index (Phi) is 6.07. The molecule has 1 atom stereocenters. The third-order valence-electron chi connectivity index (χ3n) is 4.37. The molecule has 1 aromatic carbocycles. The number of fused-ring (bicyclic) bond motifs is 1. The first-order valence-corrected chi connectivity index (χ1v) is 8.88. The van der Waals surface area contributed by atoms with E-state index in [1.165, 1.54) is 0 Å². The van der Waals surface area contributed by atoms with Gasteiger partial charge >= 0.3 is 0 Å². The second-order valence-electron chi connectivity index (χ2n) is 6.33. The second kappa shape index (κ2) is 8.47. The van der Waals surface area contributed by atoms with E-state index in [1.54, 1.807) is 0 Å². The molecule has 0 saturated carbocycles. The summed E-state index contributed by atoms with van der Waals surface area (Å²) in [5.41, 5.74) is 1.52. The van der Waals surface area contributed by atoms with Gasteiger partial charge in [0, 0.05) is 43.2 Å². The number of carbonyl (C=O) groups is 1. The molecule has 1 N–H and O–H groups in total. The average molecular weight is 346 g/mol. The van der Waals surface area contributed by atoms with E-state index in [0.717, 1.165) is 43.8 Å². The van der Waals surface area contributed by atoms with Crippen LogP contribution in [0.2, 0.25) is 0 Å². The van der Waals surface area contributed by atoms with E-state index < -0.39 is 0 Å². The third-order valence-corrected chi connectivity index (χ3v) is 4.37. The molecule has 2 heterocycles. The molecule has 0 unspecified atom stereocenters. The van der Waals surface area contributed by atoms with Gasteiger partial charge in [0.25, 0.3) is 5.91 Å². The van der Waals surface area contributed by atoms with Crippen LogP contribution in [-0.4, -0.2) is 56.3 Å². The summed E-state index contributed by atoms with van der Waals surface area (Å²) in [6.07, 6.45) is 0. The van der Waals surface area contributed by atoms with Gasteiger partial charge in [-0.2, -0.15) is 0 Å². The van der Waals surface area contributed by atoms with E-state index in [4.69, 9.17) is 13.9 Å². The van der Waals surface area contributed by atoms with Gasteiger partial charge in [-0.3, -0.25) is 9.69 Å². The molecule has 136 valence electrons. The van der Waals surface area contributed by atoms with E-state index in [2.05, 4.69) is 10.2 Å². The number of furan rings is 1. The fourth-order valence-electron chi connectivity index (χ4n) is 3.14. The Balaban J connectivity index is 1.72. The first-order chi connectivity index (χ1) is 12.2. The van der Waals surface area contributed by atoms with Crippen molar-refractivity contribution < 1.29 is 18.7 Å². The van der Waals surface area contributed by atoms with Crippen molar-refractivity contribution in [3.63, 3.8) is 0 Å². The molecule has 1 amide bonds. The zero-order valence-corrected chi connectivity index (χ0v) is 14.9. The van der Waals surface area contributed by atoms with E-state index in [0.29, 0.717) is 24.6 Å². The Morgan fingerprint density at radius 1 is 1.32 bits per heavy atom. The number of hydrogen-bond donors (Lipinski definition) is 1. The fraction of sp³-hybridized carbons (Fsp3) is 0.526. The van der Waals surface area contributed by atoms with Crippen LogP contribution in [0.1, 0.15) is 30.0 Å². The molecule has 2 aromatic rings. The van der Waals surface area contributed by atoms with Crippen LogP contribution in [0, 0.1) is 0 Å². The highest BCUT2D eigenvalue weighted by Crippen LogP contribution is 2.26. The zero-order chi connectivity index (χ0) is 17.6. The quantitative estimate of drug-likeness (QED) is 0.834. The molecular weight excluding hydrogens is 320 g/mol. The summed E-state index contributed by atoms with van der Waals surface area (Å²) in [4.78, 5) is 15.0. The largest absolute Gasteiger partial charge is 0.451 e. The number of hydrogen-bond acceptors (Lipinski definition) is 5. The van der Waals surface area contributed by atoms with Crippen LogP contribution in [0.25, 0.3) is 11.0 Å². The van der Waals surface area contributed by atoms with E-state index in [9.17, 15) is 4.79 Å². The number of para-hydroxylation sites is 1. The van der Waals surface area contributed by atoms with Crippen LogP contribution in [0.3, 0.4) is 0 Å². The van der Waals surface area contributed by atoms with E-state index in [-0.39, 0.29) is 11.9 Å². The number of benzene rings is 1. The molecule has 1 aliphatic rings. The number of amides is 1. The zero-order valence-electron chi connectivity index (χ0n) is 14.9. The Bertz CT molecular complexity index is 707. The minimum Gasteiger partial charge on any atom is -0.451 e. The van der Waals surface area contributed by atoms with Crippen LogP contribution in [-0.2, 0) is 16.1 Å². The predicted octanol–water partition coefficient (Wildman–Crippen LogP) is 2.42. The summed E-state index contributed by atoms with van der Waals surface area (Å²) in [6, 6.07) is 7.70. The monoisotopic (exact) mass is 346 g/mol. The summed E-state index contributed by atoms with van der Waals surface area (Å²) >= 11 is 0. The average Bonchev–Trinajstić information content (AvgIpc) is 2.99. The van der Waals surface area contributed by atoms with Crippen LogP contribution in [0.5, 0.6) is 0 Å².